The van der Waals surface area contributed by atoms with Crippen molar-refractivity contribution in [2.24, 2.45) is 17.8 Å². The van der Waals surface area contributed by atoms with E-state index >= 15 is 0 Å². The summed E-state index contributed by atoms with van der Waals surface area (Å²) >= 11 is 0. The second-order valence-electron chi connectivity index (χ2n) is 6.85. The Hall–Kier alpha value is -1.58. The van der Waals surface area contributed by atoms with Crippen molar-refractivity contribution in [2.75, 3.05) is 0 Å². The van der Waals surface area contributed by atoms with Crippen LogP contribution < -0.4 is 10.1 Å². The lowest BCUT2D eigenvalue weighted by Crippen LogP contribution is -2.45. The Balaban J connectivity index is 1.52. The minimum absolute atomic E-state index is 0.125. The van der Waals surface area contributed by atoms with E-state index in [9.17, 15) is 9.18 Å². The van der Waals surface area contributed by atoms with Gasteiger partial charge < -0.3 is 10.1 Å². The Kier molecular flexibility index (Phi) is 4.37. The van der Waals surface area contributed by atoms with Crippen LogP contribution in [0.5, 0.6) is 5.75 Å². The molecule has 0 spiro atoms. The summed E-state index contributed by atoms with van der Waals surface area (Å²) in [7, 11) is 0. The van der Waals surface area contributed by atoms with Crippen molar-refractivity contribution < 1.29 is 13.9 Å². The summed E-state index contributed by atoms with van der Waals surface area (Å²) in [6.07, 6.45) is 4.62. The van der Waals surface area contributed by atoms with E-state index in [0.717, 1.165) is 11.8 Å². The molecule has 120 valence electrons. The van der Waals surface area contributed by atoms with Gasteiger partial charge in [0.1, 0.15) is 11.6 Å². The molecule has 3 rings (SSSR count). The molecule has 5 atom stereocenters. The summed E-state index contributed by atoms with van der Waals surface area (Å²) in [4.78, 5) is 12.3. The maximum atomic E-state index is 13.1. The number of hydrogen-bond donors (Lipinski definition) is 1. The Morgan fingerprint density at radius 1 is 1.32 bits per heavy atom. The van der Waals surface area contributed by atoms with Gasteiger partial charge in [0.2, 0.25) is 0 Å². The van der Waals surface area contributed by atoms with Gasteiger partial charge in [-0.15, -0.1) is 0 Å². The number of fused-ring (bicyclic) bond motifs is 2. The number of nitrogens with one attached hydrogen (secondary N) is 1. The lowest BCUT2D eigenvalue weighted by Gasteiger charge is -2.29. The Morgan fingerprint density at radius 2 is 2.14 bits per heavy atom. The number of hydrogen-bond acceptors (Lipinski definition) is 2. The molecule has 1 amide bonds. The van der Waals surface area contributed by atoms with Crippen LogP contribution in [0.3, 0.4) is 0 Å². The van der Waals surface area contributed by atoms with Gasteiger partial charge >= 0.3 is 0 Å². The highest BCUT2D eigenvalue weighted by Crippen LogP contribution is 2.49. The molecule has 0 aliphatic heterocycles. The average molecular weight is 305 g/mol. The quantitative estimate of drug-likeness (QED) is 0.903. The Labute approximate surface area is 131 Å². The van der Waals surface area contributed by atoms with Crippen molar-refractivity contribution in [3.63, 3.8) is 0 Å². The molecule has 2 aliphatic carbocycles. The van der Waals surface area contributed by atoms with Crippen LogP contribution in [0.2, 0.25) is 0 Å². The average Bonchev–Trinajstić information content (AvgIpc) is 3.09. The summed E-state index contributed by atoms with van der Waals surface area (Å²) in [6.45, 7) is 3.80. The number of halogens is 1. The second-order valence-corrected chi connectivity index (χ2v) is 6.85. The summed E-state index contributed by atoms with van der Waals surface area (Å²) < 4.78 is 18.7. The molecule has 2 saturated carbocycles. The second kappa shape index (κ2) is 6.27. The van der Waals surface area contributed by atoms with Gasteiger partial charge in [0, 0.05) is 12.1 Å². The van der Waals surface area contributed by atoms with Gasteiger partial charge in [-0.3, -0.25) is 4.79 Å². The van der Waals surface area contributed by atoms with Crippen molar-refractivity contribution in [3.8, 4) is 5.75 Å². The fourth-order valence-corrected chi connectivity index (χ4v) is 4.15. The predicted molar refractivity (Wildman–Crippen MR) is 83.0 cm³/mol. The third-order valence-electron chi connectivity index (χ3n) is 5.28. The molecule has 5 unspecified atom stereocenters. The van der Waals surface area contributed by atoms with Crippen LogP contribution >= 0.6 is 0 Å². The fraction of sp³-hybridized carbons (Fsp3) is 0.611. The van der Waals surface area contributed by atoms with E-state index in [1.807, 2.05) is 0 Å². The van der Waals surface area contributed by atoms with E-state index in [-0.39, 0.29) is 17.8 Å². The summed E-state index contributed by atoms with van der Waals surface area (Å²) in [5.41, 5.74) is 0. The minimum Gasteiger partial charge on any atom is -0.481 e. The highest BCUT2D eigenvalue weighted by Gasteiger charge is 2.42. The topological polar surface area (TPSA) is 38.3 Å². The molecule has 2 fully saturated rings. The zero-order valence-electron chi connectivity index (χ0n) is 13.2. The Bertz CT molecular complexity index is 548. The first kappa shape index (κ1) is 15.3. The number of carbonyl (C=O) groups excluding carboxylic acids is 1. The number of benzene rings is 1. The van der Waals surface area contributed by atoms with E-state index in [1.165, 1.54) is 37.8 Å². The normalized spacial score (nSPS) is 29.1. The van der Waals surface area contributed by atoms with E-state index < -0.39 is 6.10 Å². The number of ether oxygens (including phenoxy) is 1. The van der Waals surface area contributed by atoms with Crippen molar-refractivity contribution in [2.45, 2.75) is 51.7 Å². The van der Waals surface area contributed by atoms with Gasteiger partial charge in [-0.05, 0) is 63.0 Å². The molecule has 0 saturated heterocycles. The lowest BCUT2D eigenvalue weighted by molar-refractivity contribution is -0.128. The largest absolute Gasteiger partial charge is 0.481 e. The number of amides is 1. The van der Waals surface area contributed by atoms with Crippen molar-refractivity contribution in [3.05, 3.63) is 30.1 Å². The smallest absolute Gasteiger partial charge is 0.260 e. The first-order chi connectivity index (χ1) is 10.5. The molecule has 0 heterocycles. The van der Waals surface area contributed by atoms with Crippen LogP contribution in [0.25, 0.3) is 0 Å². The van der Waals surface area contributed by atoms with E-state index in [0.29, 0.717) is 11.7 Å². The van der Waals surface area contributed by atoms with E-state index in [1.54, 1.807) is 19.1 Å². The van der Waals surface area contributed by atoms with Crippen LogP contribution in [-0.2, 0) is 4.79 Å². The molecular weight excluding hydrogens is 281 g/mol. The fourth-order valence-electron chi connectivity index (χ4n) is 4.15. The van der Waals surface area contributed by atoms with Crippen molar-refractivity contribution in [1.29, 1.82) is 0 Å². The molecule has 1 N–H and O–H groups in total. The van der Waals surface area contributed by atoms with Crippen LogP contribution in [0.1, 0.15) is 39.5 Å². The highest BCUT2D eigenvalue weighted by molar-refractivity contribution is 5.81. The molecule has 1 aromatic carbocycles. The van der Waals surface area contributed by atoms with Crippen LogP contribution in [0.15, 0.2) is 24.3 Å². The number of rotatable bonds is 5. The lowest BCUT2D eigenvalue weighted by atomic mass is 9.84. The van der Waals surface area contributed by atoms with Crippen molar-refractivity contribution in [1.82, 2.24) is 5.32 Å². The Morgan fingerprint density at radius 3 is 2.77 bits per heavy atom. The van der Waals surface area contributed by atoms with Crippen LogP contribution in [0, 0.1) is 23.6 Å². The van der Waals surface area contributed by atoms with Gasteiger partial charge in [0.25, 0.3) is 5.91 Å². The maximum Gasteiger partial charge on any atom is 0.260 e. The summed E-state index contributed by atoms with van der Waals surface area (Å²) in [6, 6.07) is 6.07. The van der Waals surface area contributed by atoms with Crippen LogP contribution in [0.4, 0.5) is 4.39 Å². The van der Waals surface area contributed by atoms with Gasteiger partial charge in [-0.25, -0.2) is 4.39 Å². The molecule has 0 radical (unpaired) electrons. The van der Waals surface area contributed by atoms with E-state index in [4.69, 9.17) is 4.74 Å². The van der Waals surface area contributed by atoms with Gasteiger partial charge in [0.05, 0.1) is 0 Å². The third-order valence-corrected chi connectivity index (χ3v) is 5.28. The summed E-state index contributed by atoms with van der Waals surface area (Å²) in [5.74, 6) is 2.15. The van der Waals surface area contributed by atoms with Crippen molar-refractivity contribution >= 4 is 5.91 Å². The molecule has 2 aliphatic rings. The first-order valence-electron chi connectivity index (χ1n) is 8.25. The van der Waals surface area contributed by atoms with Gasteiger partial charge in [-0.2, -0.15) is 0 Å². The molecule has 3 nitrogen and oxygen atoms in total. The molecule has 4 heteroatoms. The zero-order chi connectivity index (χ0) is 15.7. The zero-order valence-corrected chi connectivity index (χ0v) is 13.2. The molecular formula is C18H24FNO2. The SMILES string of the molecule is CC(Oc1cccc(F)c1)C(=O)NC(C)C1CC2CCC1C2. The van der Waals surface area contributed by atoms with E-state index in [2.05, 4.69) is 12.2 Å². The van der Waals surface area contributed by atoms with Crippen LogP contribution in [-0.4, -0.2) is 18.1 Å². The standard InChI is InChI=1S/C18H24FNO2/c1-11(17-9-13-6-7-14(17)8-13)20-18(21)12(2)22-16-5-3-4-15(19)10-16/h3-5,10-14,17H,6-9H2,1-2H3,(H,20,21). The molecule has 1 aromatic rings. The highest BCUT2D eigenvalue weighted by atomic mass is 19.1. The van der Waals surface area contributed by atoms with Gasteiger partial charge in [-0.1, -0.05) is 12.5 Å². The monoisotopic (exact) mass is 305 g/mol. The van der Waals surface area contributed by atoms with Gasteiger partial charge in [0.15, 0.2) is 6.10 Å². The molecule has 2 bridgehead atoms. The molecule has 22 heavy (non-hydrogen) atoms. The third kappa shape index (κ3) is 3.26. The minimum atomic E-state index is -0.622. The molecule has 0 aromatic heterocycles. The predicted octanol–water partition coefficient (Wildman–Crippen LogP) is 3.53. The first-order valence-corrected chi connectivity index (χ1v) is 8.25. The number of carbonyl (C=O) groups is 1. The summed E-state index contributed by atoms with van der Waals surface area (Å²) in [5, 5.41) is 3.08. The maximum absolute atomic E-state index is 13.1.